The molecule has 6 heteroatoms. The number of nitrogens with zero attached hydrogens (tertiary/aromatic N) is 1. The summed E-state index contributed by atoms with van der Waals surface area (Å²) in [5.74, 6) is 0.0919. The fraction of sp³-hybridized carbons (Fsp3) is 0.421. The lowest BCUT2D eigenvalue weighted by Gasteiger charge is -2.35. The lowest BCUT2D eigenvalue weighted by molar-refractivity contribution is -0.0705. The summed E-state index contributed by atoms with van der Waals surface area (Å²) < 4.78 is 11.6. The number of benzene rings is 1. The van der Waals surface area contributed by atoms with Gasteiger partial charge >= 0.3 is 0 Å². The Bertz CT molecular complexity index is 721. The molecule has 3 rings (SSSR count). The van der Waals surface area contributed by atoms with E-state index in [1.54, 1.807) is 12.1 Å². The smallest absolute Gasteiger partial charge is 0.287 e. The average Bonchev–Trinajstić information content (AvgIpc) is 2.99. The number of carbonyl (C=O) groups excluding carboxylic acids is 1. The zero-order valence-electron chi connectivity index (χ0n) is 14.5. The number of halogens is 1. The minimum absolute atomic E-state index is 0.214. The van der Waals surface area contributed by atoms with Gasteiger partial charge in [0.1, 0.15) is 0 Å². The molecule has 0 bridgehead atoms. The Morgan fingerprint density at radius 1 is 1.16 bits per heavy atom. The van der Waals surface area contributed by atoms with Gasteiger partial charge in [-0.1, -0.05) is 24.3 Å². The van der Waals surface area contributed by atoms with Gasteiger partial charge in [-0.2, -0.15) is 0 Å². The number of furan rings is 1. The van der Waals surface area contributed by atoms with Crippen LogP contribution >= 0.6 is 15.9 Å². The van der Waals surface area contributed by atoms with Crippen molar-refractivity contribution in [3.63, 3.8) is 0 Å². The third-order valence-electron chi connectivity index (χ3n) is 4.24. The van der Waals surface area contributed by atoms with Crippen molar-refractivity contribution in [2.24, 2.45) is 0 Å². The summed E-state index contributed by atoms with van der Waals surface area (Å²) in [5.41, 5.74) is 2.35. The summed E-state index contributed by atoms with van der Waals surface area (Å²) in [6.07, 6.45) is 0.487. The largest absolute Gasteiger partial charge is 0.444 e. The fourth-order valence-electron chi connectivity index (χ4n) is 3.24. The van der Waals surface area contributed by atoms with Crippen LogP contribution in [0.3, 0.4) is 0 Å². The van der Waals surface area contributed by atoms with Gasteiger partial charge in [0.15, 0.2) is 10.4 Å². The van der Waals surface area contributed by atoms with Crippen LogP contribution in [0.5, 0.6) is 0 Å². The maximum atomic E-state index is 12.2. The van der Waals surface area contributed by atoms with Crippen molar-refractivity contribution < 1.29 is 13.9 Å². The number of morpholine rings is 1. The molecule has 1 amide bonds. The van der Waals surface area contributed by atoms with Crippen molar-refractivity contribution in [1.82, 2.24) is 10.2 Å². The predicted molar refractivity (Wildman–Crippen MR) is 99.3 cm³/mol. The van der Waals surface area contributed by atoms with E-state index in [1.807, 2.05) is 12.1 Å². The van der Waals surface area contributed by atoms with E-state index in [4.69, 9.17) is 9.15 Å². The summed E-state index contributed by atoms with van der Waals surface area (Å²) in [5, 5.41) is 2.93. The van der Waals surface area contributed by atoms with Gasteiger partial charge in [0, 0.05) is 26.2 Å². The van der Waals surface area contributed by atoms with Crippen LogP contribution in [-0.2, 0) is 17.8 Å². The van der Waals surface area contributed by atoms with Gasteiger partial charge in [-0.3, -0.25) is 9.69 Å². The molecule has 2 aromatic rings. The molecule has 1 aliphatic rings. The Kier molecular flexibility index (Phi) is 5.93. The first-order valence-electron chi connectivity index (χ1n) is 8.49. The molecule has 0 aliphatic carbocycles. The minimum Gasteiger partial charge on any atom is -0.444 e. The van der Waals surface area contributed by atoms with Crippen molar-refractivity contribution in [2.45, 2.75) is 39.1 Å². The summed E-state index contributed by atoms with van der Waals surface area (Å²) in [6, 6.07) is 11.6. The molecule has 0 saturated carbocycles. The van der Waals surface area contributed by atoms with Gasteiger partial charge in [-0.15, -0.1) is 0 Å². The van der Waals surface area contributed by atoms with E-state index in [9.17, 15) is 4.79 Å². The van der Waals surface area contributed by atoms with Gasteiger partial charge in [0.2, 0.25) is 0 Å². The molecule has 2 atom stereocenters. The van der Waals surface area contributed by atoms with Crippen LogP contribution in [0.2, 0.25) is 0 Å². The Morgan fingerprint density at radius 2 is 1.84 bits per heavy atom. The third kappa shape index (κ3) is 4.93. The zero-order valence-corrected chi connectivity index (χ0v) is 16.1. The van der Waals surface area contributed by atoms with Gasteiger partial charge in [-0.25, -0.2) is 0 Å². The first-order valence-corrected chi connectivity index (χ1v) is 9.28. The number of hydrogen-bond donors (Lipinski definition) is 1. The number of hydrogen-bond acceptors (Lipinski definition) is 4. The van der Waals surface area contributed by atoms with Crippen molar-refractivity contribution in [1.29, 1.82) is 0 Å². The van der Waals surface area contributed by atoms with Crippen LogP contribution in [0.4, 0.5) is 0 Å². The maximum Gasteiger partial charge on any atom is 0.287 e. The van der Waals surface area contributed by atoms with E-state index >= 15 is 0 Å². The number of nitrogens with one attached hydrogen (secondary N) is 1. The van der Waals surface area contributed by atoms with Gasteiger partial charge < -0.3 is 14.5 Å². The summed E-state index contributed by atoms with van der Waals surface area (Å²) in [4.78, 5) is 14.6. The van der Waals surface area contributed by atoms with Crippen LogP contribution < -0.4 is 5.32 Å². The molecular weight excluding hydrogens is 384 g/mol. The van der Waals surface area contributed by atoms with Gasteiger partial charge in [-0.05, 0) is 53.0 Å². The van der Waals surface area contributed by atoms with Crippen molar-refractivity contribution in [3.8, 4) is 0 Å². The Balaban J connectivity index is 1.63. The average molecular weight is 407 g/mol. The van der Waals surface area contributed by atoms with Gasteiger partial charge in [0.25, 0.3) is 5.91 Å². The highest BCUT2D eigenvalue weighted by molar-refractivity contribution is 9.10. The molecule has 1 N–H and O–H groups in total. The minimum atomic E-state index is -0.214. The molecule has 0 unspecified atom stereocenters. The lowest BCUT2D eigenvalue weighted by atomic mass is 10.1. The summed E-state index contributed by atoms with van der Waals surface area (Å²) in [7, 11) is 0. The second-order valence-corrected chi connectivity index (χ2v) is 7.29. The van der Waals surface area contributed by atoms with Crippen LogP contribution in [-0.4, -0.2) is 36.1 Å². The molecule has 2 heterocycles. The Morgan fingerprint density at radius 3 is 2.48 bits per heavy atom. The highest BCUT2D eigenvalue weighted by Gasteiger charge is 2.22. The van der Waals surface area contributed by atoms with Crippen LogP contribution in [0.1, 0.15) is 35.5 Å². The first-order chi connectivity index (χ1) is 12.0. The standard InChI is InChI=1S/C19H23BrN2O3/c1-13-10-22(11-14(2)24-13)12-16-6-4-3-5-15(16)9-21-19(23)17-7-8-18(20)25-17/h3-8,13-14H,9-12H2,1-2H3,(H,21,23)/t13-,14-/m0/s1. The molecule has 5 nitrogen and oxygen atoms in total. The summed E-state index contributed by atoms with van der Waals surface area (Å²) in [6.45, 7) is 7.39. The number of carbonyl (C=O) groups is 1. The van der Waals surface area contributed by atoms with E-state index in [2.05, 4.69) is 52.1 Å². The second-order valence-electron chi connectivity index (χ2n) is 6.51. The quantitative estimate of drug-likeness (QED) is 0.824. The highest BCUT2D eigenvalue weighted by Crippen LogP contribution is 2.18. The fourth-order valence-corrected chi connectivity index (χ4v) is 3.54. The molecule has 1 saturated heterocycles. The van der Waals surface area contributed by atoms with E-state index in [1.165, 1.54) is 5.56 Å². The monoisotopic (exact) mass is 406 g/mol. The molecule has 1 aromatic carbocycles. The van der Waals surface area contributed by atoms with Crippen molar-refractivity contribution in [2.75, 3.05) is 13.1 Å². The van der Waals surface area contributed by atoms with E-state index in [-0.39, 0.29) is 18.1 Å². The van der Waals surface area contributed by atoms with Crippen molar-refractivity contribution >= 4 is 21.8 Å². The summed E-state index contributed by atoms with van der Waals surface area (Å²) >= 11 is 3.21. The van der Waals surface area contributed by atoms with Gasteiger partial charge in [0.05, 0.1) is 12.2 Å². The molecule has 134 valence electrons. The highest BCUT2D eigenvalue weighted by atomic mass is 79.9. The molecule has 1 aliphatic heterocycles. The molecule has 1 fully saturated rings. The molecule has 0 radical (unpaired) electrons. The Labute approximate surface area is 156 Å². The predicted octanol–water partition coefficient (Wildman–Crippen LogP) is 3.58. The number of ether oxygens (including phenoxy) is 1. The second kappa shape index (κ2) is 8.17. The normalized spacial score (nSPS) is 21.2. The van der Waals surface area contributed by atoms with Crippen LogP contribution in [0.15, 0.2) is 45.5 Å². The van der Waals surface area contributed by atoms with E-state index < -0.39 is 0 Å². The maximum absolute atomic E-state index is 12.2. The van der Waals surface area contributed by atoms with Crippen LogP contribution in [0, 0.1) is 0 Å². The molecule has 1 aromatic heterocycles. The lowest BCUT2D eigenvalue weighted by Crippen LogP contribution is -2.45. The molecular formula is C19H23BrN2O3. The molecule has 0 spiro atoms. The first kappa shape index (κ1) is 18.2. The SMILES string of the molecule is C[C@H]1CN(Cc2ccccc2CNC(=O)c2ccc(Br)o2)C[C@H](C)O1. The molecule has 25 heavy (non-hydrogen) atoms. The van der Waals surface area contributed by atoms with E-state index in [0.717, 1.165) is 25.2 Å². The number of rotatable bonds is 5. The Hall–Kier alpha value is -1.63. The zero-order chi connectivity index (χ0) is 17.8. The van der Waals surface area contributed by atoms with E-state index in [0.29, 0.717) is 17.0 Å². The van der Waals surface area contributed by atoms with Crippen molar-refractivity contribution in [3.05, 3.63) is 58.0 Å². The third-order valence-corrected chi connectivity index (χ3v) is 4.67. The topological polar surface area (TPSA) is 54.7 Å². The van der Waals surface area contributed by atoms with Crippen LogP contribution in [0.25, 0.3) is 0 Å². The number of amides is 1.